The molecule has 0 aromatic carbocycles. The van der Waals surface area contributed by atoms with Crippen molar-refractivity contribution in [2.75, 3.05) is 13.1 Å². The fraction of sp³-hybridized carbons (Fsp3) is 0.500. The van der Waals surface area contributed by atoms with Gasteiger partial charge in [0.15, 0.2) is 0 Å². The number of hydrogen-bond donors (Lipinski definition) is 0. The smallest absolute Gasteiger partial charge is 0.329 e. The second-order valence-electron chi connectivity index (χ2n) is 3.37. The van der Waals surface area contributed by atoms with E-state index in [2.05, 4.69) is 0 Å². The van der Waals surface area contributed by atoms with Crippen LogP contribution in [0.15, 0.2) is 11.4 Å². The van der Waals surface area contributed by atoms with Crippen LogP contribution in [-0.4, -0.2) is 30.1 Å². The van der Waals surface area contributed by atoms with Gasteiger partial charge in [-0.05, 0) is 30.9 Å². The van der Waals surface area contributed by atoms with Crippen LogP contribution >= 0.6 is 11.3 Å². The first-order valence-corrected chi connectivity index (χ1v) is 5.63. The number of rotatable bonds is 3. The van der Waals surface area contributed by atoms with Gasteiger partial charge in [-0.3, -0.25) is 4.79 Å². The lowest BCUT2D eigenvalue weighted by Crippen LogP contribution is -2.38. The zero-order chi connectivity index (χ0) is 12.3. The number of nitrogens with zero attached hydrogens (tertiary/aromatic N) is 1. The van der Waals surface area contributed by atoms with E-state index in [1.165, 1.54) is 18.3 Å². The summed E-state index contributed by atoms with van der Waals surface area (Å²) in [7, 11) is 0. The first kappa shape index (κ1) is 13.0. The number of alkyl halides is 3. The largest absolute Gasteiger partial charge is 0.406 e. The maximum Gasteiger partial charge on any atom is 0.406 e. The van der Waals surface area contributed by atoms with E-state index >= 15 is 0 Å². The van der Waals surface area contributed by atoms with Gasteiger partial charge in [0.25, 0.3) is 5.91 Å². The van der Waals surface area contributed by atoms with E-state index in [1.807, 2.05) is 0 Å². The van der Waals surface area contributed by atoms with Crippen LogP contribution in [0.25, 0.3) is 0 Å². The first-order chi connectivity index (χ1) is 7.35. The van der Waals surface area contributed by atoms with Crippen molar-refractivity contribution in [2.24, 2.45) is 0 Å². The Bertz CT molecular complexity index is 372. The van der Waals surface area contributed by atoms with Gasteiger partial charge in [-0.2, -0.15) is 13.2 Å². The third-order valence-corrected chi connectivity index (χ3v) is 3.10. The summed E-state index contributed by atoms with van der Waals surface area (Å²) in [4.78, 5) is 13.0. The Kier molecular flexibility index (Phi) is 3.96. The molecule has 0 saturated carbocycles. The fourth-order valence-electron chi connectivity index (χ4n) is 1.28. The summed E-state index contributed by atoms with van der Waals surface area (Å²) in [5.74, 6) is -0.549. The van der Waals surface area contributed by atoms with Gasteiger partial charge in [-0.15, -0.1) is 11.3 Å². The highest BCUT2D eigenvalue weighted by Crippen LogP contribution is 2.21. The summed E-state index contributed by atoms with van der Waals surface area (Å²) in [6.07, 6.45) is -4.35. The molecule has 0 aliphatic rings. The molecule has 1 aromatic heterocycles. The molecule has 1 amide bonds. The molecule has 1 aromatic rings. The van der Waals surface area contributed by atoms with Crippen LogP contribution in [0.3, 0.4) is 0 Å². The lowest BCUT2D eigenvalue weighted by atomic mass is 10.2. The van der Waals surface area contributed by atoms with Gasteiger partial charge in [-0.1, -0.05) is 0 Å². The molecule has 0 atom stereocenters. The Morgan fingerprint density at radius 2 is 2.12 bits per heavy atom. The minimum atomic E-state index is -4.35. The van der Waals surface area contributed by atoms with E-state index in [4.69, 9.17) is 0 Å². The molecule has 0 saturated heterocycles. The summed E-state index contributed by atoms with van der Waals surface area (Å²) in [6, 6.07) is 1.72. The van der Waals surface area contributed by atoms with E-state index in [9.17, 15) is 18.0 Å². The number of hydrogen-bond acceptors (Lipinski definition) is 2. The fourth-order valence-corrected chi connectivity index (χ4v) is 2.17. The van der Waals surface area contributed by atoms with Crippen LogP contribution in [0.5, 0.6) is 0 Å². The van der Waals surface area contributed by atoms with Crippen LogP contribution < -0.4 is 0 Å². The molecule has 0 unspecified atom stereocenters. The molecule has 0 aliphatic heterocycles. The topological polar surface area (TPSA) is 20.3 Å². The zero-order valence-corrected chi connectivity index (χ0v) is 9.78. The van der Waals surface area contributed by atoms with E-state index < -0.39 is 18.6 Å². The molecule has 1 rings (SSSR count). The SMILES string of the molecule is CCN(CC(F)(F)F)C(=O)c1sccc1C. The second-order valence-corrected chi connectivity index (χ2v) is 4.28. The van der Waals surface area contributed by atoms with Crippen molar-refractivity contribution in [1.29, 1.82) is 0 Å². The molecule has 0 N–H and O–H groups in total. The quantitative estimate of drug-likeness (QED) is 0.808. The molecule has 0 bridgehead atoms. The Morgan fingerprint density at radius 1 is 1.50 bits per heavy atom. The minimum Gasteiger partial charge on any atom is -0.329 e. The van der Waals surface area contributed by atoms with Gasteiger partial charge in [0.2, 0.25) is 0 Å². The molecule has 6 heteroatoms. The standard InChI is InChI=1S/C10H12F3NOS/c1-3-14(6-10(11,12)13)9(15)8-7(2)4-5-16-8/h4-5H,3,6H2,1-2H3. The lowest BCUT2D eigenvalue weighted by molar-refractivity contribution is -0.140. The van der Waals surface area contributed by atoms with Gasteiger partial charge >= 0.3 is 6.18 Å². The van der Waals surface area contributed by atoms with Crippen LogP contribution in [0.4, 0.5) is 13.2 Å². The minimum absolute atomic E-state index is 0.0513. The van der Waals surface area contributed by atoms with Crippen molar-refractivity contribution in [3.63, 3.8) is 0 Å². The Hall–Kier alpha value is -1.04. The highest BCUT2D eigenvalue weighted by molar-refractivity contribution is 7.12. The van der Waals surface area contributed by atoms with E-state index in [0.29, 0.717) is 4.88 Å². The number of carbonyl (C=O) groups is 1. The average molecular weight is 251 g/mol. The molecule has 2 nitrogen and oxygen atoms in total. The van der Waals surface area contributed by atoms with Gasteiger partial charge in [0, 0.05) is 6.54 Å². The molecule has 0 fully saturated rings. The Morgan fingerprint density at radius 3 is 2.50 bits per heavy atom. The maximum absolute atomic E-state index is 12.2. The average Bonchev–Trinajstić information content (AvgIpc) is 2.58. The molecular weight excluding hydrogens is 239 g/mol. The zero-order valence-electron chi connectivity index (χ0n) is 8.97. The third kappa shape index (κ3) is 3.23. The predicted molar refractivity (Wildman–Crippen MR) is 56.7 cm³/mol. The number of halogens is 3. The van der Waals surface area contributed by atoms with Gasteiger partial charge in [0.05, 0.1) is 4.88 Å². The van der Waals surface area contributed by atoms with Crippen molar-refractivity contribution in [3.8, 4) is 0 Å². The molecule has 16 heavy (non-hydrogen) atoms. The summed E-state index contributed by atoms with van der Waals surface area (Å²) < 4.78 is 36.6. The number of aryl methyl sites for hydroxylation is 1. The Balaban J connectivity index is 2.82. The molecular formula is C10H12F3NOS. The molecule has 90 valence electrons. The van der Waals surface area contributed by atoms with Crippen LogP contribution in [0.2, 0.25) is 0 Å². The van der Waals surface area contributed by atoms with Gasteiger partial charge in [-0.25, -0.2) is 0 Å². The van der Waals surface area contributed by atoms with Gasteiger partial charge < -0.3 is 4.90 Å². The molecule has 0 radical (unpaired) electrons. The molecule has 0 spiro atoms. The van der Waals surface area contributed by atoms with Crippen LogP contribution in [-0.2, 0) is 0 Å². The number of amides is 1. The van der Waals surface area contributed by atoms with Crippen molar-refractivity contribution < 1.29 is 18.0 Å². The number of carbonyl (C=O) groups excluding carboxylic acids is 1. The van der Waals surface area contributed by atoms with Gasteiger partial charge in [0.1, 0.15) is 6.54 Å². The highest BCUT2D eigenvalue weighted by atomic mass is 32.1. The Labute approximate surface area is 95.7 Å². The summed E-state index contributed by atoms with van der Waals surface area (Å²) >= 11 is 1.17. The summed E-state index contributed by atoms with van der Waals surface area (Å²) in [5, 5.41) is 1.70. The van der Waals surface area contributed by atoms with Crippen molar-refractivity contribution in [1.82, 2.24) is 4.90 Å². The second kappa shape index (κ2) is 4.86. The first-order valence-electron chi connectivity index (χ1n) is 4.75. The summed E-state index contributed by atoms with van der Waals surface area (Å²) in [5.41, 5.74) is 0.718. The van der Waals surface area contributed by atoms with Crippen molar-refractivity contribution >= 4 is 17.2 Å². The molecule has 1 heterocycles. The summed E-state index contributed by atoms with van der Waals surface area (Å²) in [6.45, 7) is 2.10. The van der Waals surface area contributed by atoms with Crippen LogP contribution in [0.1, 0.15) is 22.2 Å². The number of thiophene rings is 1. The molecule has 0 aliphatic carbocycles. The maximum atomic E-state index is 12.2. The monoisotopic (exact) mass is 251 g/mol. The van der Waals surface area contributed by atoms with Crippen molar-refractivity contribution in [3.05, 3.63) is 21.9 Å². The van der Waals surface area contributed by atoms with E-state index in [-0.39, 0.29) is 6.54 Å². The van der Waals surface area contributed by atoms with E-state index in [0.717, 1.165) is 10.5 Å². The van der Waals surface area contributed by atoms with E-state index in [1.54, 1.807) is 18.4 Å². The van der Waals surface area contributed by atoms with Crippen molar-refractivity contribution in [2.45, 2.75) is 20.0 Å². The third-order valence-electron chi connectivity index (χ3n) is 2.10. The highest BCUT2D eigenvalue weighted by Gasteiger charge is 2.33. The predicted octanol–water partition coefficient (Wildman–Crippen LogP) is 3.08. The van der Waals surface area contributed by atoms with Crippen LogP contribution in [0, 0.1) is 6.92 Å². The lowest BCUT2D eigenvalue weighted by Gasteiger charge is -2.21. The normalized spacial score (nSPS) is 11.6.